The van der Waals surface area contributed by atoms with E-state index in [4.69, 9.17) is 0 Å². The molecule has 0 aliphatic rings. The standard InChI is InChI=1S/C12H15N3O/c1-2-3-4-5-10-9-6-7-11(16)15-12(9)14-8-13-10/h6-8H,2-5H2,1H3,(H,13,14,15,16). The lowest BCUT2D eigenvalue weighted by Gasteiger charge is -2.03. The van der Waals surface area contributed by atoms with Crippen molar-refractivity contribution in [2.75, 3.05) is 0 Å². The van der Waals surface area contributed by atoms with Crippen LogP contribution >= 0.6 is 0 Å². The number of nitrogens with zero attached hydrogens (tertiary/aromatic N) is 2. The molecular weight excluding hydrogens is 202 g/mol. The van der Waals surface area contributed by atoms with Crippen LogP contribution in [-0.2, 0) is 6.42 Å². The summed E-state index contributed by atoms with van der Waals surface area (Å²) in [5.74, 6) is 0. The maximum Gasteiger partial charge on any atom is 0.249 e. The second-order valence-corrected chi connectivity index (χ2v) is 3.86. The van der Waals surface area contributed by atoms with Crippen molar-refractivity contribution in [2.45, 2.75) is 32.6 Å². The fraction of sp³-hybridized carbons (Fsp3) is 0.417. The van der Waals surface area contributed by atoms with E-state index in [1.54, 1.807) is 6.07 Å². The lowest BCUT2D eigenvalue weighted by atomic mass is 10.1. The normalized spacial score (nSPS) is 10.8. The summed E-state index contributed by atoms with van der Waals surface area (Å²) in [6.07, 6.45) is 5.98. The molecule has 0 bridgehead atoms. The molecule has 84 valence electrons. The predicted octanol–water partition coefficient (Wildman–Crippen LogP) is 2.05. The van der Waals surface area contributed by atoms with Crippen molar-refractivity contribution in [3.05, 3.63) is 34.5 Å². The number of fused-ring (bicyclic) bond motifs is 1. The van der Waals surface area contributed by atoms with Gasteiger partial charge in [-0.3, -0.25) is 4.79 Å². The zero-order valence-electron chi connectivity index (χ0n) is 9.36. The van der Waals surface area contributed by atoms with Gasteiger partial charge in [0.1, 0.15) is 12.0 Å². The lowest BCUT2D eigenvalue weighted by Crippen LogP contribution is -2.05. The van der Waals surface area contributed by atoms with E-state index >= 15 is 0 Å². The van der Waals surface area contributed by atoms with Crippen molar-refractivity contribution in [2.24, 2.45) is 0 Å². The first kappa shape index (κ1) is 10.8. The fourth-order valence-electron chi connectivity index (χ4n) is 1.77. The van der Waals surface area contributed by atoms with Gasteiger partial charge in [-0.15, -0.1) is 0 Å². The molecule has 2 heterocycles. The van der Waals surface area contributed by atoms with E-state index in [2.05, 4.69) is 21.9 Å². The quantitative estimate of drug-likeness (QED) is 0.797. The Morgan fingerprint density at radius 1 is 1.25 bits per heavy atom. The highest BCUT2D eigenvalue weighted by Gasteiger charge is 2.03. The number of hydrogen-bond acceptors (Lipinski definition) is 3. The van der Waals surface area contributed by atoms with Crippen molar-refractivity contribution in [1.29, 1.82) is 0 Å². The van der Waals surface area contributed by atoms with E-state index < -0.39 is 0 Å². The molecule has 0 radical (unpaired) electrons. The molecule has 2 rings (SSSR count). The molecule has 0 aromatic carbocycles. The smallest absolute Gasteiger partial charge is 0.249 e. The Labute approximate surface area is 93.8 Å². The van der Waals surface area contributed by atoms with Gasteiger partial charge < -0.3 is 4.98 Å². The van der Waals surface area contributed by atoms with Gasteiger partial charge in [-0.25, -0.2) is 9.97 Å². The number of aromatic amines is 1. The van der Waals surface area contributed by atoms with Crippen molar-refractivity contribution in [3.8, 4) is 0 Å². The first-order chi connectivity index (χ1) is 7.81. The van der Waals surface area contributed by atoms with Crippen LogP contribution in [-0.4, -0.2) is 15.0 Å². The number of nitrogens with one attached hydrogen (secondary N) is 1. The van der Waals surface area contributed by atoms with Gasteiger partial charge in [-0.05, 0) is 18.9 Å². The highest BCUT2D eigenvalue weighted by Crippen LogP contribution is 2.13. The molecule has 4 heteroatoms. The van der Waals surface area contributed by atoms with Crippen molar-refractivity contribution in [3.63, 3.8) is 0 Å². The van der Waals surface area contributed by atoms with E-state index in [1.807, 2.05) is 0 Å². The van der Waals surface area contributed by atoms with E-state index in [9.17, 15) is 4.79 Å². The number of rotatable bonds is 4. The molecule has 0 fully saturated rings. The molecule has 0 aliphatic heterocycles. The van der Waals surface area contributed by atoms with Crippen LogP contribution in [0.1, 0.15) is 31.9 Å². The average molecular weight is 217 g/mol. The van der Waals surface area contributed by atoms with Gasteiger partial charge in [0.05, 0.1) is 5.69 Å². The number of hydrogen-bond donors (Lipinski definition) is 1. The van der Waals surface area contributed by atoms with Crippen molar-refractivity contribution < 1.29 is 0 Å². The number of pyridine rings is 1. The summed E-state index contributed by atoms with van der Waals surface area (Å²) in [6, 6.07) is 3.32. The summed E-state index contributed by atoms with van der Waals surface area (Å²) >= 11 is 0. The molecule has 0 aliphatic carbocycles. The second-order valence-electron chi connectivity index (χ2n) is 3.86. The Kier molecular flexibility index (Phi) is 3.29. The van der Waals surface area contributed by atoms with Crippen LogP contribution in [0.25, 0.3) is 11.0 Å². The third-order valence-electron chi connectivity index (χ3n) is 2.63. The summed E-state index contributed by atoms with van der Waals surface area (Å²) in [7, 11) is 0. The highest BCUT2D eigenvalue weighted by atomic mass is 16.1. The Hall–Kier alpha value is -1.71. The molecule has 0 amide bonds. The molecule has 2 aromatic heterocycles. The molecule has 16 heavy (non-hydrogen) atoms. The van der Waals surface area contributed by atoms with Crippen molar-refractivity contribution in [1.82, 2.24) is 15.0 Å². The number of aromatic nitrogens is 3. The van der Waals surface area contributed by atoms with Crippen LogP contribution in [0.4, 0.5) is 0 Å². The van der Waals surface area contributed by atoms with E-state index in [0.29, 0.717) is 5.65 Å². The van der Waals surface area contributed by atoms with E-state index in [1.165, 1.54) is 25.2 Å². The Morgan fingerprint density at radius 2 is 2.12 bits per heavy atom. The zero-order valence-corrected chi connectivity index (χ0v) is 9.36. The molecule has 2 aromatic rings. The molecule has 4 nitrogen and oxygen atoms in total. The van der Waals surface area contributed by atoms with Crippen LogP contribution in [0.3, 0.4) is 0 Å². The van der Waals surface area contributed by atoms with Crippen LogP contribution in [0.15, 0.2) is 23.3 Å². The SMILES string of the molecule is CCCCCc1ncnc2[nH]c(=O)ccc12. The monoisotopic (exact) mass is 217 g/mol. The summed E-state index contributed by atoms with van der Waals surface area (Å²) in [6.45, 7) is 2.18. The first-order valence-electron chi connectivity index (χ1n) is 5.64. The van der Waals surface area contributed by atoms with Crippen LogP contribution in [0.5, 0.6) is 0 Å². The molecule has 0 saturated heterocycles. The minimum absolute atomic E-state index is 0.120. The molecule has 0 spiro atoms. The number of H-pyrrole nitrogens is 1. The summed E-state index contributed by atoms with van der Waals surface area (Å²) in [5, 5.41) is 0.957. The third-order valence-corrected chi connectivity index (χ3v) is 2.63. The van der Waals surface area contributed by atoms with Gasteiger partial charge >= 0.3 is 0 Å². The second kappa shape index (κ2) is 4.88. The Bertz CT molecular complexity index is 533. The third kappa shape index (κ3) is 2.27. The van der Waals surface area contributed by atoms with Crippen molar-refractivity contribution >= 4 is 11.0 Å². The Balaban J connectivity index is 2.34. The lowest BCUT2D eigenvalue weighted by molar-refractivity contribution is 0.709. The van der Waals surface area contributed by atoms with Gasteiger partial charge in [-0.1, -0.05) is 19.8 Å². The highest BCUT2D eigenvalue weighted by molar-refractivity contribution is 5.76. The minimum Gasteiger partial charge on any atom is -0.306 e. The molecule has 1 N–H and O–H groups in total. The average Bonchev–Trinajstić information content (AvgIpc) is 2.29. The topological polar surface area (TPSA) is 58.6 Å². The van der Waals surface area contributed by atoms with Gasteiger partial charge in [0, 0.05) is 11.5 Å². The molecule has 0 unspecified atom stereocenters. The number of unbranched alkanes of at least 4 members (excludes halogenated alkanes) is 2. The van der Waals surface area contributed by atoms with Crippen LogP contribution in [0.2, 0.25) is 0 Å². The first-order valence-corrected chi connectivity index (χ1v) is 5.64. The summed E-state index contributed by atoms with van der Waals surface area (Å²) < 4.78 is 0. The maximum atomic E-state index is 11.1. The molecule has 0 saturated carbocycles. The van der Waals surface area contributed by atoms with Crippen LogP contribution < -0.4 is 5.56 Å². The van der Waals surface area contributed by atoms with Gasteiger partial charge in [0.15, 0.2) is 0 Å². The molecule has 0 atom stereocenters. The number of aryl methyl sites for hydroxylation is 1. The Morgan fingerprint density at radius 3 is 2.94 bits per heavy atom. The summed E-state index contributed by atoms with van der Waals surface area (Å²) in [4.78, 5) is 22.2. The van der Waals surface area contributed by atoms with Gasteiger partial charge in [0.25, 0.3) is 0 Å². The van der Waals surface area contributed by atoms with E-state index in [0.717, 1.165) is 23.9 Å². The van der Waals surface area contributed by atoms with Crippen LogP contribution in [0, 0.1) is 0 Å². The largest absolute Gasteiger partial charge is 0.306 e. The van der Waals surface area contributed by atoms with Gasteiger partial charge in [0.2, 0.25) is 5.56 Å². The van der Waals surface area contributed by atoms with E-state index in [-0.39, 0.29) is 5.56 Å². The maximum absolute atomic E-state index is 11.1. The summed E-state index contributed by atoms with van der Waals surface area (Å²) in [5.41, 5.74) is 1.54. The van der Waals surface area contributed by atoms with Gasteiger partial charge in [-0.2, -0.15) is 0 Å². The minimum atomic E-state index is -0.120. The molecular formula is C12H15N3O. The zero-order chi connectivity index (χ0) is 11.4. The fourth-order valence-corrected chi connectivity index (χ4v) is 1.77. The predicted molar refractivity (Wildman–Crippen MR) is 63.4 cm³/mol.